The number of ether oxygens (including phenoxy) is 2. The number of hydrogen-bond acceptors (Lipinski definition) is 17. The average Bonchev–Trinajstić information content (AvgIpc) is 3.71. The Morgan fingerprint density at radius 1 is 1.09 bits per heavy atom. The van der Waals surface area contributed by atoms with Gasteiger partial charge in [-0.25, -0.2) is 33.9 Å². The summed E-state index contributed by atoms with van der Waals surface area (Å²) in [5, 5.41) is 11.1. The predicted octanol–water partition coefficient (Wildman–Crippen LogP) is 0.407. The van der Waals surface area contributed by atoms with Gasteiger partial charge in [-0.2, -0.15) is 0 Å². The zero-order chi connectivity index (χ0) is 32.3. The lowest BCUT2D eigenvalue weighted by atomic mass is 10.1. The van der Waals surface area contributed by atoms with E-state index in [-0.39, 0.29) is 39.6 Å². The summed E-state index contributed by atoms with van der Waals surface area (Å²) >= 11 is 9.31. The Balaban J connectivity index is 1.19. The molecular weight excluding hydrogens is 703 g/mol. The molecule has 0 saturated carbocycles. The minimum absolute atomic E-state index is 0.00397. The molecule has 244 valence electrons. The number of thiol groups is 1. The van der Waals surface area contributed by atoms with Crippen LogP contribution in [-0.2, 0) is 39.4 Å². The number of alkyl halides is 1. The molecule has 0 radical (unpaired) electrons. The summed E-state index contributed by atoms with van der Waals surface area (Å²) in [7, 11) is 0. The molecule has 7 N–H and O–H groups in total. The van der Waals surface area contributed by atoms with Gasteiger partial charge in [-0.1, -0.05) is 23.6 Å². The molecule has 0 bridgehead atoms. The van der Waals surface area contributed by atoms with E-state index in [0.29, 0.717) is 11.3 Å². The Bertz CT molecular complexity index is 1890. The number of nitrogens with two attached hydrogens (primary N) is 2. The number of hydrogen-bond donors (Lipinski definition) is 6. The number of rotatable bonds is 10. The van der Waals surface area contributed by atoms with Crippen molar-refractivity contribution in [3.63, 3.8) is 0 Å². The van der Waals surface area contributed by atoms with Crippen LogP contribution in [0.3, 0.4) is 0 Å². The van der Waals surface area contributed by atoms with Gasteiger partial charge < -0.3 is 40.4 Å². The molecule has 9 atom stereocenters. The number of aliphatic hydroxyl groups is 1. The van der Waals surface area contributed by atoms with E-state index in [2.05, 4.69) is 37.2 Å². The highest BCUT2D eigenvalue weighted by atomic mass is 32.7. The number of aliphatic hydroxyl groups excluding tert-OH is 1. The molecule has 2 aliphatic rings. The number of imidazole rings is 1. The SMILES string of the molecule is Nc1ncnc2c1ncn2[C@@H]1O[C@H](COP(O)(=S)O[C@@H]2C(O)C(COP(=O)(O)S)O[C@H]2n2c(=O)sc3c(N)ncnc32)C[C@H]1F. The molecule has 6 heterocycles. The Labute approximate surface area is 265 Å². The van der Waals surface area contributed by atoms with Gasteiger partial charge in [0.15, 0.2) is 29.6 Å². The highest BCUT2D eigenvalue weighted by molar-refractivity contribution is 8.44. The third-order valence-electron chi connectivity index (χ3n) is 6.87. The van der Waals surface area contributed by atoms with Crippen molar-refractivity contribution in [2.45, 2.75) is 49.5 Å². The van der Waals surface area contributed by atoms with E-state index in [1.807, 2.05) is 0 Å². The minimum Gasteiger partial charge on any atom is -0.387 e. The molecule has 25 heteroatoms. The number of fused-ring (bicyclic) bond motifs is 2. The summed E-state index contributed by atoms with van der Waals surface area (Å²) in [6.45, 7) is -9.66. The van der Waals surface area contributed by atoms with Crippen molar-refractivity contribution in [2.75, 3.05) is 24.7 Å². The normalized spacial score (nSPS) is 29.8. The Kier molecular flexibility index (Phi) is 9.02. The van der Waals surface area contributed by atoms with Crippen molar-refractivity contribution in [3.8, 4) is 0 Å². The maximum Gasteiger partial charge on any atom is 0.383 e. The second-order valence-electron chi connectivity index (χ2n) is 9.81. The van der Waals surface area contributed by atoms with Gasteiger partial charge in [0.25, 0.3) is 0 Å². The van der Waals surface area contributed by atoms with Crippen molar-refractivity contribution in [1.82, 2.24) is 34.1 Å². The third-order valence-corrected chi connectivity index (χ3v) is 10.2. The van der Waals surface area contributed by atoms with Crippen molar-refractivity contribution < 1.29 is 46.9 Å². The standard InChI is InChI=1S/C20H24FN9O10P2S3/c21-8-1-7(38-18(8)29-6-28-10-14(22)24-4-26-16(10)29)2-37-42(35,44)40-12-11(31)9(3-36-41(33,34)43)39-19(12)30-17-13(45-20(30)32)15(23)25-5-27-17/h4-9,11-12,18-19,31H,1-3H2,(H,35,44)(H2,22,24,26)(H2,23,25,27)(H2,33,34,43)/t7-,8+,9?,11?,12+,18+,19+,42?/m0/s1. The molecule has 2 fully saturated rings. The average molecular weight is 728 g/mol. The molecule has 2 aliphatic heterocycles. The molecular formula is C20H24FN9O10P2S3. The summed E-state index contributed by atoms with van der Waals surface area (Å²) in [6, 6.07) is 0. The molecule has 4 aromatic rings. The third kappa shape index (κ3) is 6.63. The first kappa shape index (κ1) is 32.7. The summed E-state index contributed by atoms with van der Waals surface area (Å²) in [4.78, 5) is 52.8. The Morgan fingerprint density at radius 2 is 1.80 bits per heavy atom. The number of nitrogens with zero attached hydrogens (tertiary/aromatic N) is 7. The van der Waals surface area contributed by atoms with E-state index in [1.165, 1.54) is 17.2 Å². The van der Waals surface area contributed by atoms with E-state index < -0.39 is 74.6 Å². The van der Waals surface area contributed by atoms with Crippen LogP contribution in [0.25, 0.3) is 21.5 Å². The van der Waals surface area contributed by atoms with Gasteiger partial charge in [0, 0.05) is 6.42 Å². The molecule has 4 unspecified atom stereocenters. The lowest BCUT2D eigenvalue weighted by molar-refractivity contribution is -0.0504. The van der Waals surface area contributed by atoms with Crippen LogP contribution in [0.2, 0.25) is 0 Å². The van der Waals surface area contributed by atoms with E-state index >= 15 is 4.39 Å². The smallest absolute Gasteiger partial charge is 0.383 e. The number of anilines is 2. The second kappa shape index (κ2) is 12.4. The number of aromatic nitrogens is 7. The lowest BCUT2D eigenvalue weighted by Crippen LogP contribution is -2.36. The fourth-order valence-corrected chi connectivity index (χ4v) is 7.75. The summed E-state index contributed by atoms with van der Waals surface area (Å²) in [6.07, 6.45) is -6.23. The Hall–Kier alpha value is -2.24. The van der Waals surface area contributed by atoms with Crippen molar-refractivity contribution >= 4 is 82.1 Å². The van der Waals surface area contributed by atoms with E-state index in [0.717, 1.165) is 10.9 Å². The first-order valence-electron chi connectivity index (χ1n) is 12.8. The van der Waals surface area contributed by atoms with E-state index in [4.69, 9.17) is 46.3 Å². The van der Waals surface area contributed by atoms with Gasteiger partial charge in [-0.3, -0.25) is 23.0 Å². The fraction of sp³-hybridized carbons (Fsp3) is 0.500. The number of nitrogen functional groups attached to an aromatic ring is 2. The van der Waals surface area contributed by atoms with Crippen LogP contribution in [0.5, 0.6) is 0 Å². The van der Waals surface area contributed by atoms with Crippen LogP contribution < -0.4 is 16.3 Å². The van der Waals surface area contributed by atoms with Gasteiger partial charge in [0.1, 0.15) is 53.2 Å². The van der Waals surface area contributed by atoms with Crippen LogP contribution >= 0.6 is 37.1 Å². The first-order valence-corrected chi connectivity index (χ1v) is 18.9. The summed E-state index contributed by atoms with van der Waals surface area (Å²) in [5.41, 5.74) is 12.2. The molecule has 0 aromatic carbocycles. The zero-order valence-corrected chi connectivity index (χ0v) is 26.7. The molecule has 0 amide bonds. The van der Waals surface area contributed by atoms with E-state index in [1.54, 1.807) is 0 Å². The van der Waals surface area contributed by atoms with Gasteiger partial charge in [0.2, 0.25) is 0 Å². The fourth-order valence-electron chi connectivity index (χ4n) is 4.91. The topological polar surface area (TPSA) is 267 Å². The molecule has 6 rings (SSSR count). The largest absolute Gasteiger partial charge is 0.387 e. The number of halogens is 1. The quantitative estimate of drug-likeness (QED) is 0.0953. The summed E-state index contributed by atoms with van der Waals surface area (Å²) < 4.78 is 56.7. The lowest BCUT2D eigenvalue weighted by Gasteiger charge is -2.26. The molecule has 0 spiro atoms. The van der Waals surface area contributed by atoms with Crippen molar-refractivity contribution in [1.29, 1.82) is 0 Å². The molecule has 4 aromatic heterocycles. The van der Waals surface area contributed by atoms with Crippen LogP contribution in [0.1, 0.15) is 18.9 Å². The summed E-state index contributed by atoms with van der Waals surface area (Å²) in [5.74, 6) is 0.115. The maximum absolute atomic E-state index is 15.1. The first-order chi connectivity index (χ1) is 21.2. The highest BCUT2D eigenvalue weighted by Gasteiger charge is 2.50. The van der Waals surface area contributed by atoms with Gasteiger partial charge in [-0.05, 0) is 11.8 Å². The van der Waals surface area contributed by atoms with Crippen molar-refractivity contribution in [2.24, 2.45) is 0 Å². The van der Waals surface area contributed by atoms with Crippen molar-refractivity contribution in [3.05, 3.63) is 28.6 Å². The number of thiazole rings is 1. The monoisotopic (exact) mass is 727 g/mol. The second-order valence-corrected chi connectivity index (χ2v) is 16.3. The Morgan fingerprint density at radius 3 is 2.53 bits per heavy atom. The van der Waals surface area contributed by atoms with Crippen LogP contribution in [0.4, 0.5) is 16.0 Å². The van der Waals surface area contributed by atoms with E-state index in [9.17, 15) is 24.3 Å². The highest BCUT2D eigenvalue weighted by Crippen LogP contribution is 2.52. The van der Waals surface area contributed by atoms with Gasteiger partial charge >= 0.3 is 18.4 Å². The predicted molar refractivity (Wildman–Crippen MR) is 161 cm³/mol. The maximum atomic E-state index is 15.1. The zero-order valence-electron chi connectivity index (χ0n) is 22.4. The molecule has 2 saturated heterocycles. The van der Waals surface area contributed by atoms with Gasteiger partial charge in [0.05, 0.1) is 25.6 Å². The van der Waals surface area contributed by atoms with Gasteiger partial charge in [-0.15, -0.1) is 0 Å². The van der Waals surface area contributed by atoms with Crippen LogP contribution in [0, 0.1) is 0 Å². The van der Waals surface area contributed by atoms with Crippen LogP contribution in [-0.4, -0.2) is 92.7 Å². The molecule has 45 heavy (non-hydrogen) atoms. The molecule has 0 aliphatic carbocycles. The van der Waals surface area contributed by atoms with Crippen LogP contribution in [0.15, 0.2) is 23.8 Å². The minimum atomic E-state index is -4.30. The molecule has 19 nitrogen and oxygen atoms in total.